The van der Waals surface area contributed by atoms with Crippen LogP contribution in [0, 0.1) is 5.82 Å². The molecule has 258 valence electrons. The average molecular weight is 684 g/mol. The van der Waals surface area contributed by atoms with Gasteiger partial charge in [0.2, 0.25) is 0 Å². The standard InChI is InChI=1S/C37H36F3N7O3/c38-28-14-24(23-5-6-23)15-32-34(28)37(49)47(12-13-50-32)31-3-1-2-25(27(31)20-48)35-26-16-30(44-36(26)43-21-42-35)29-7-4-22(17-41-29)18-45-8-10-46(11-9-45)19-33(39)40/h1-4,7,14-17,21,23,33,48H,5-6,8-13,18-20H2,(H,42,43,44). The van der Waals surface area contributed by atoms with Gasteiger partial charge in [0, 0.05) is 55.4 Å². The summed E-state index contributed by atoms with van der Waals surface area (Å²) >= 11 is 0. The highest BCUT2D eigenvalue weighted by atomic mass is 19.3. The molecule has 5 aromatic rings. The van der Waals surface area contributed by atoms with E-state index in [2.05, 4.69) is 19.9 Å². The highest BCUT2D eigenvalue weighted by Gasteiger charge is 2.33. The lowest BCUT2D eigenvalue weighted by atomic mass is 9.99. The van der Waals surface area contributed by atoms with Crippen molar-refractivity contribution in [1.82, 2.24) is 29.7 Å². The maximum absolute atomic E-state index is 15.4. The second kappa shape index (κ2) is 13.5. The normalized spacial score (nSPS) is 17.3. The molecule has 13 heteroatoms. The van der Waals surface area contributed by atoms with Crippen LogP contribution in [0.25, 0.3) is 33.7 Å². The van der Waals surface area contributed by atoms with Gasteiger partial charge in [0.25, 0.3) is 12.3 Å². The van der Waals surface area contributed by atoms with E-state index in [0.29, 0.717) is 64.8 Å². The Bertz CT molecular complexity index is 2040. The fraction of sp³-hybridized carbons (Fsp3) is 0.351. The molecule has 2 aromatic carbocycles. The summed E-state index contributed by atoms with van der Waals surface area (Å²) in [7, 11) is 0. The molecule has 2 fully saturated rings. The van der Waals surface area contributed by atoms with Crippen molar-refractivity contribution < 1.29 is 27.8 Å². The van der Waals surface area contributed by atoms with Crippen LogP contribution in [0.2, 0.25) is 0 Å². The van der Waals surface area contributed by atoms with Gasteiger partial charge in [-0.2, -0.15) is 0 Å². The number of piperazine rings is 1. The van der Waals surface area contributed by atoms with Crippen LogP contribution in [0.1, 0.15) is 45.8 Å². The van der Waals surface area contributed by atoms with Crippen molar-refractivity contribution in [3.05, 3.63) is 89.1 Å². The van der Waals surface area contributed by atoms with Crippen molar-refractivity contribution in [2.24, 2.45) is 0 Å². The van der Waals surface area contributed by atoms with E-state index in [1.165, 1.54) is 17.3 Å². The van der Waals surface area contributed by atoms with Crippen LogP contribution in [0.4, 0.5) is 18.9 Å². The Morgan fingerprint density at radius 1 is 0.980 bits per heavy atom. The molecule has 0 unspecified atom stereocenters. The lowest BCUT2D eigenvalue weighted by molar-refractivity contribution is 0.0543. The van der Waals surface area contributed by atoms with Crippen molar-refractivity contribution in [3.8, 4) is 28.4 Å². The maximum Gasteiger partial charge on any atom is 0.265 e. The van der Waals surface area contributed by atoms with E-state index < -0.39 is 18.1 Å². The fourth-order valence-electron chi connectivity index (χ4n) is 7.06. The van der Waals surface area contributed by atoms with Crippen molar-refractivity contribution in [1.29, 1.82) is 0 Å². The number of halogens is 3. The maximum atomic E-state index is 15.4. The Morgan fingerprint density at radius 3 is 2.54 bits per heavy atom. The number of nitrogens with zero attached hydrogens (tertiary/aromatic N) is 6. The summed E-state index contributed by atoms with van der Waals surface area (Å²) in [5.41, 5.74) is 5.88. The molecule has 0 spiro atoms. The van der Waals surface area contributed by atoms with Gasteiger partial charge in [-0.15, -0.1) is 0 Å². The largest absolute Gasteiger partial charge is 0.491 e. The predicted molar refractivity (Wildman–Crippen MR) is 182 cm³/mol. The summed E-state index contributed by atoms with van der Waals surface area (Å²) in [6.45, 7) is 3.13. The third-order valence-corrected chi connectivity index (χ3v) is 9.81. The van der Waals surface area contributed by atoms with Crippen LogP contribution in [0.5, 0.6) is 5.75 Å². The van der Waals surface area contributed by atoms with Crippen LogP contribution < -0.4 is 9.64 Å². The highest BCUT2D eigenvalue weighted by molar-refractivity contribution is 6.09. The third-order valence-electron chi connectivity index (χ3n) is 9.81. The van der Waals surface area contributed by atoms with Gasteiger partial charge < -0.3 is 19.7 Å². The van der Waals surface area contributed by atoms with Gasteiger partial charge in [0.1, 0.15) is 35.7 Å². The number of amides is 1. The number of pyridine rings is 1. The number of aromatic nitrogens is 4. The molecule has 0 bridgehead atoms. The molecule has 1 saturated heterocycles. The van der Waals surface area contributed by atoms with Crippen LogP contribution in [-0.2, 0) is 13.2 Å². The topological polar surface area (TPSA) is 111 Å². The van der Waals surface area contributed by atoms with E-state index in [1.54, 1.807) is 23.1 Å². The van der Waals surface area contributed by atoms with Crippen molar-refractivity contribution in [2.75, 3.05) is 50.8 Å². The Kier molecular flexibility index (Phi) is 8.71. The Morgan fingerprint density at radius 2 is 1.80 bits per heavy atom. The zero-order valence-electron chi connectivity index (χ0n) is 27.3. The molecule has 8 rings (SSSR count). The minimum Gasteiger partial charge on any atom is -0.491 e. The molecule has 0 atom stereocenters. The third kappa shape index (κ3) is 6.32. The number of H-pyrrole nitrogens is 1. The number of aliphatic hydroxyl groups excluding tert-OH is 1. The van der Waals surface area contributed by atoms with Crippen molar-refractivity contribution in [3.63, 3.8) is 0 Å². The Labute approximate surface area is 286 Å². The molecule has 5 heterocycles. The number of fused-ring (bicyclic) bond motifs is 2. The van der Waals surface area contributed by atoms with E-state index in [4.69, 9.17) is 9.72 Å². The monoisotopic (exact) mass is 683 g/mol. The van der Waals surface area contributed by atoms with Crippen molar-refractivity contribution in [2.45, 2.75) is 38.3 Å². The number of alkyl halides is 2. The molecule has 3 aliphatic rings. The number of benzene rings is 2. The van der Waals surface area contributed by atoms with Gasteiger partial charge >= 0.3 is 0 Å². The summed E-state index contributed by atoms with van der Waals surface area (Å²) < 4.78 is 46.8. The predicted octanol–water partition coefficient (Wildman–Crippen LogP) is 5.62. The first kappa shape index (κ1) is 32.4. The number of ether oxygens (including phenoxy) is 1. The second-order valence-electron chi connectivity index (χ2n) is 13.1. The Hall–Kier alpha value is -4.85. The number of aliphatic hydroxyl groups is 1. The van der Waals surface area contributed by atoms with E-state index in [0.717, 1.165) is 42.8 Å². The summed E-state index contributed by atoms with van der Waals surface area (Å²) in [6, 6.07) is 14.4. The molecular weight excluding hydrogens is 647 g/mol. The molecule has 50 heavy (non-hydrogen) atoms. The first-order valence-corrected chi connectivity index (χ1v) is 16.9. The van der Waals surface area contributed by atoms with Crippen molar-refractivity contribution >= 4 is 22.6 Å². The molecule has 2 aliphatic heterocycles. The molecule has 2 N–H and O–H groups in total. The molecular formula is C37H36F3N7O3. The lowest BCUT2D eigenvalue weighted by Crippen LogP contribution is -2.47. The minimum atomic E-state index is -2.32. The van der Waals surface area contributed by atoms with E-state index in [9.17, 15) is 18.7 Å². The van der Waals surface area contributed by atoms with Gasteiger partial charge in [-0.05, 0) is 60.2 Å². The van der Waals surface area contributed by atoms with E-state index >= 15 is 4.39 Å². The Balaban J connectivity index is 1.06. The van der Waals surface area contributed by atoms with Gasteiger partial charge in [-0.1, -0.05) is 18.2 Å². The molecule has 3 aromatic heterocycles. The fourth-order valence-corrected chi connectivity index (χ4v) is 7.06. The smallest absolute Gasteiger partial charge is 0.265 e. The van der Waals surface area contributed by atoms with Crippen LogP contribution in [-0.4, -0.2) is 93.1 Å². The number of hydrogen-bond donors (Lipinski definition) is 2. The quantitative estimate of drug-likeness (QED) is 0.206. The first-order valence-electron chi connectivity index (χ1n) is 16.9. The zero-order chi connectivity index (χ0) is 34.4. The van der Waals surface area contributed by atoms with Crippen LogP contribution in [0.3, 0.4) is 0 Å². The number of rotatable bonds is 9. The summed E-state index contributed by atoms with van der Waals surface area (Å²) in [6.07, 6.45) is 2.95. The number of anilines is 1. The average Bonchev–Trinajstić information content (AvgIpc) is 3.90. The molecule has 1 amide bonds. The molecule has 10 nitrogen and oxygen atoms in total. The highest BCUT2D eigenvalue weighted by Crippen LogP contribution is 2.43. The number of carbonyl (C=O) groups is 1. The van der Waals surface area contributed by atoms with E-state index in [-0.39, 0.29) is 37.6 Å². The molecule has 1 saturated carbocycles. The van der Waals surface area contributed by atoms with Gasteiger partial charge in [0.15, 0.2) is 0 Å². The van der Waals surface area contributed by atoms with Crippen LogP contribution >= 0.6 is 0 Å². The van der Waals surface area contributed by atoms with E-state index in [1.807, 2.05) is 30.5 Å². The lowest BCUT2D eigenvalue weighted by Gasteiger charge is -2.34. The van der Waals surface area contributed by atoms with Gasteiger partial charge in [0.05, 0.1) is 42.5 Å². The van der Waals surface area contributed by atoms with Gasteiger partial charge in [-0.3, -0.25) is 19.6 Å². The summed E-state index contributed by atoms with van der Waals surface area (Å²) in [5, 5.41) is 11.4. The SMILES string of the molecule is O=C1c2c(F)cc(C3CC3)cc2OCCN1c1cccc(-c2ncnc3[nH]c(-c4ccc(CN5CCN(CC(F)F)CC5)cn4)cc23)c1CO. The number of carbonyl (C=O) groups excluding carboxylic acids is 1. The van der Waals surface area contributed by atoms with Gasteiger partial charge in [-0.25, -0.2) is 23.1 Å². The number of hydrogen-bond acceptors (Lipinski definition) is 8. The first-order chi connectivity index (χ1) is 24.4. The second-order valence-corrected chi connectivity index (χ2v) is 13.1. The summed E-state index contributed by atoms with van der Waals surface area (Å²) in [5.74, 6) is -0.566. The molecule has 0 radical (unpaired) electrons. The number of nitrogens with one attached hydrogen (secondary N) is 1. The van der Waals surface area contributed by atoms with Crippen LogP contribution in [0.15, 0.2) is 61.1 Å². The number of aromatic amines is 1. The minimum absolute atomic E-state index is 0.105. The zero-order valence-corrected chi connectivity index (χ0v) is 27.3. The molecule has 1 aliphatic carbocycles. The summed E-state index contributed by atoms with van der Waals surface area (Å²) in [4.78, 5) is 36.5.